The lowest BCUT2D eigenvalue weighted by Crippen LogP contribution is -2.11. The van der Waals surface area contributed by atoms with Crippen LogP contribution in [-0.2, 0) is 120 Å². The molecule has 113 heavy (non-hydrogen) atoms. The molecule has 10 heterocycles. The molecule has 0 amide bonds. The molecular formula is C94H80F3N5O11. The van der Waals surface area contributed by atoms with E-state index in [1.807, 2.05) is 170 Å². The van der Waals surface area contributed by atoms with E-state index in [2.05, 4.69) is 104 Å². The zero-order valence-corrected chi connectivity index (χ0v) is 62.4. The summed E-state index contributed by atoms with van der Waals surface area (Å²) in [5.74, 6) is 0.817. The van der Waals surface area contributed by atoms with Crippen LogP contribution in [0, 0.1) is 13.8 Å². The molecule has 0 saturated carbocycles. The van der Waals surface area contributed by atoms with E-state index in [-0.39, 0.29) is 31.0 Å². The summed E-state index contributed by atoms with van der Waals surface area (Å²) < 4.78 is 102. The van der Waals surface area contributed by atoms with Crippen molar-refractivity contribution in [1.29, 1.82) is 0 Å². The third kappa shape index (κ3) is 18.0. The van der Waals surface area contributed by atoms with Crippen LogP contribution in [0.15, 0.2) is 279 Å². The summed E-state index contributed by atoms with van der Waals surface area (Å²) >= 11 is 0. The molecule has 16 nitrogen and oxygen atoms in total. The number of methoxy groups -OCH3 is 1. The molecule has 5 aromatic heterocycles. The second-order valence-corrected chi connectivity index (χ2v) is 27.8. The van der Waals surface area contributed by atoms with Crippen molar-refractivity contribution in [2.24, 2.45) is 0 Å². The van der Waals surface area contributed by atoms with E-state index < -0.39 is 24.3 Å². The van der Waals surface area contributed by atoms with E-state index in [0.29, 0.717) is 65.2 Å². The van der Waals surface area contributed by atoms with Gasteiger partial charge in [-0.15, -0.1) is 0 Å². The molecule has 10 aromatic carbocycles. The van der Waals surface area contributed by atoms with Crippen molar-refractivity contribution in [3.8, 4) is 5.75 Å². The van der Waals surface area contributed by atoms with Gasteiger partial charge in [0.2, 0.25) is 31.5 Å². The van der Waals surface area contributed by atoms with Gasteiger partial charge < -0.3 is 52.1 Å². The van der Waals surface area contributed by atoms with Gasteiger partial charge in [-0.3, -0.25) is 0 Å². The largest absolute Gasteiger partial charge is 0.496 e. The minimum atomic E-state index is -4.41. The fourth-order valence-electron chi connectivity index (χ4n) is 13.9. The number of aromatic nitrogens is 5. The highest BCUT2D eigenvalue weighted by atomic mass is 19.4. The molecule has 0 bridgehead atoms. The van der Waals surface area contributed by atoms with Crippen molar-refractivity contribution in [2.45, 2.75) is 118 Å². The maximum atomic E-state index is 13.1. The normalized spacial score (nSPS) is 16.8. The number of para-hydroxylation sites is 6. The van der Waals surface area contributed by atoms with Crippen LogP contribution in [0.4, 0.5) is 13.2 Å². The van der Waals surface area contributed by atoms with Gasteiger partial charge in [0.1, 0.15) is 34.2 Å². The highest BCUT2D eigenvalue weighted by Gasteiger charge is 2.35. The van der Waals surface area contributed by atoms with E-state index in [0.717, 1.165) is 134 Å². The number of alkyl halides is 3. The molecule has 0 saturated heterocycles. The first-order valence-electron chi connectivity index (χ1n) is 37.4. The summed E-state index contributed by atoms with van der Waals surface area (Å²) in [4.78, 5) is 23.4. The fraction of sp³-hybridized carbons (Fsp3) is 0.202. The average Bonchev–Trinajstić information content (AvgIpc) is 1.88. The minimum absolute atomic E-state index is 0.0767. The first-order valence-corrected chi connectivity index (χ1v) is 37.4. The number of fused-ring (bicyclic) bond motifs is 10. The van der Waals surface area contributed by atoms with Gasteiger partial charge in [-0.2, -0.15) is 13.2 Å². The van der Waals surface area contributed by atoms with Crippen LogP contribution < -0.4 is 4.74 Å². The Labute approximate surface area is 651 Å². The van der Waals surface area contributed by atoms with Gasteiger partial charge in [-0.1, -0.05) is 212 Å². The molecule has 568 valence electrons. The zero-order chi connectivity index (χ0) is 77.0. The molecule has 5 unspecified atom stereocenters. The second kappa shape index (κ2) is 35.0. The first kappa shape index (κ1) is 75.5. The Bertz CT molecular complexity index is 5840. The van der Waals surface area contributed by atoms with E-state index in [1.54, 1.807) is 13.2 Å². The summed E-state index contributed by atoms with van der Waals surface area (Å²) in [5.41, 5.74) is 20.6. The Morgan fingerprint density at radius 1 is 0.310 bits per heavy atom. The smallest absolute Gasteiger partial charge is 0.416 e. The molecule has 0 fully saturated rings. The molecule has 0 spiro atoms. The summed E-state index contributed by atoms with van der Waals surface area (Å²) in [6.45, 7) is 8.52. The molecule has 15 aromatic rings. The van der Waals surface area contributed by atoms with E-state index in [4.69, 9.17) is 72.0 Å². The van der Waals surface area contributed by atoms with E-state index in [9.17, 15) is 13.2 Å². The van der Waals surface area contributed by atoms with Gasteiger partial charge in [0.25, 0.3) is 0 Å². The highest BCUT2D eigenvalue weighted by Crippen LogP contribution is 2.40. The third-order valence-corrected chi connectivity index (χ3v) is 20.0. The maximum Gasteiger partial charge on any atom is 0.416 e. The van der Waals surface area contributed by atoms with Crippen LogP contribution in [0.5, 0.6) is 5.75 Å². The predicted molar refractivity (Wildman–Crippen MR) is 424 cm³/mol. The topological polar surface area (TPSA) is 166 Å². The van der Waals surface area contributed by atoms with Crippen LogP contribution in [0.2, 0.25) is 0 Å². The number of halogens is 3. The van der Waals surface area contributed by atoms with Gasteiger partial charge in [0.15, 0.2) is 0 Å². The van der Waals surface area contributed by atoms with Crippen LogP contribution in [0.25, 0.3) is 54.5 Å². The summed E-state index contributed by atoms with van der Waals surface area (Å²) in [6, 6.07) is 90.5. The van der Waals surface area contributed by atoms with E-state index >= 15 is 0 Å². The SMILES string of the molecule is COc1ccccc1COC1OCc2cc3ccccc3nc21.Cc1ccc(COC2OCc3cc4ccccc4nc32)cc1.Cc1ccccc1COC1OCc2cc3ccccc3nc21.FC(F)(F)c1ccccc1COC1OCc2cc3ccccc3nc21.c1ccc(COC2OCc3cc4ccccc4nc32)cc1. The van der Waals surface area contributed by atoms with Gasteiger partial charge >= 0.3 is 6.18 Å². The summed E-state index contributed by atoms with van der Waals surface area (Å²) in [7, 11) is 1.66. The molecule has 5 aliphatic rings. The number of aryl methyl sites for hydroxylation is 2. The van der Waals surface area contributed by atoms with Crippen LogP contribution in [0.1, 0.15) is 132 Å². The number of ether oxygens (including phenoxy) is 11. The Balaban J connectivity index is 0.000000107. The molecule has 0 radical (unpaired) electrons. The number of hydrogen-bond acceptors (Lipinski definition) is 16. The monoisotopic (exact) mass is 1510 g/mol. The summed E-state index contributed by atoms with van der Waals surface area (Å²) in [6.07, 6.45) is -6.73. The third-order valence-electron chi connectivity index (χ3n) is 20.0. The van der Waals surface area contributed by atoms with Gasteiger partial charge in [0, 0.05) is 60.3 Å². The molecule has 5 aliphatic heterocycles. The number of nitrogens with zero attached hydrogens (tertiary/aromatic N) is 5. The number of pyridine rings is 5. The molecule has 19 heteroatoms. The molecular weight excluding hydrogens is 1430 g/mol. The predicted octanol–water partition coefficient (Wildman–Crippen LogP) is 21.5. The molecule has 5 atom stereocenters. The van der Waals surface area contributed by atoms with Crippen molar-refractivity contribution in [3.05, 3.63) is 380 Å². The quantitative estimate of drug-likeness (QED) is 0.0896. The molecule has 0 N–H and O–H groups in total. The Morgan fingerprint density at radius 3 is 0.973 bits per heavy atom. The maximum absolute atomic E-state index is 13.1. The van der Waals surface area contributed by atoms with Crippen molar-refractivity contribution in [1.82, 2.24) is 24.9 Å². The minimum Gasteiger partial charge on any atom is -0.496 e. The van der Waals surface area contributed by atoms with Crippen molar-refractivity contribution < 1.29 is 65.3 Å². The lowest BCUT2D eigenvalue weighted by Gasteiger charge is -2.16. The van der Waals surface area contributed by atoms with Crippen molar-refractivity contribution in [3.63, 3.8) is 0 Å². The number of benzene rings is 10. The van der Waals surface area contributed by atoms with Gasteiger partial charge in [-0.25, -0.2) is 24.9 Å². The first-order chi connectivity index (χ1) is 55.4. The lowest BCUT2D eigenvalue weighted by atomic mass is 10.1. The fourth-order valence-corrected chi connectivity index (χ4v) is 13.9. The standard InChI is InChI=1S/C19H14F3NO2.C19H17NO3.2C19H17NO2.C18H15NO2/c20-19(21,22)15-7-3-1-6-13(15)10-24-18-17-14(11-25-18)9-12-5-2-4-8-16(12)23-17;1-21-17-9-5-3-7-14(17)11-22-19-18-15(12-23-19)10-13-6-2-4-8-16(13)20-18;1-13-6-2-3-8-15(13)11-21-19-18-16(12-22-19)10-14-7-4-5-9-17(14)20-18;1-13-6-8-14(9-7-13)11-21-19-18-16(12-22-19)10-15-4-2-3-5-17(15)20-18;1-2-6-13(7-3-1)11-20-18-17-15(12-21-18)10-14-8-4-5-9-16(14)19-17/h1-9,18H,10-11H2;2-10,19H,11-12H2,1H3;2*2-10,19H,11-12H2,1H3;1-10,18H,11-12H2. The van der Waals surface area contributed by atoms with Crippen LogP contribution in [-0.4, -0.2) is 32.0 Å². The molecule has 0 aliphatic carbocycles. The van der Waals surface area contributed by atoms with Crippen LogP contribution >= 0.6 is 0 Å². The lowest BCUT2D eigenvalue weighted by molar-refractivity contribution is -0.154. The van der Waals surface area contributed by atoms with E-state index in [1.165, 1.54) is 28.8 Å². The van der Waals surface area contributed by atoms with Crippen LogP contribution in [0.3, 0.4) is 0 Å². The number of hydrogen-bond donors (Lipinski definition) is 0. The highest BCUT2D eigenvalue weighted by molar-refractivity contribution is 5.83. The average molecular weight is 1510 g/mol. The van der Waals surface area contributed by atoms with Crippen molar-refractivity contribution in [2.75, 3.05) is 7.11 Å². The zero-order valence-electron chi connectivity index (χ0n) is 62.4. The van der Waals surface area contributed by atoms with Crippen molar-refractivity contribution >= 4 is 54.5 Å². The van der Waals surface area contributed by atoms with Gasteiger partial charge in [-0.05, 0) is 114 Å². The number of rotatable bonds is 16. The second-order valence-electron chi connectivity index (χ2n) is 27.8. The molecule has 20 rings (SSSR count). The Morgan fingerprint density at radius 2 is 0.602 bits per heavy atom. The summed E-state index contributed by atoms with van der Waals surface area (Å²) in [5, 5.41) is 5.55. The Hall–Kier alpha value is -11.6. The van der Waals surface area contributed by atoms with Gasteiger partial charge in [0.05, 0.1) is 106 Å². The Kier molecular flexibility index (Phi) is 23.4.